The highest BCUT2D eigenvalue weighted by Crippen LogP contribution is 2.38. The number of halogens is 3. The van der Waals surface area contributed by atoms with Crippen molar-refractivity contribution in [1.29, 1.82) is 0 Å². The van der Waals surface area contributed by atoms with Crippen molar-refractivity contribution in [3.8, 4) is 11.5 Å². The monoisotopic (exact) mass is 387 g/mol. The topological polar surface area (TPSA) is 30.5 Å². The number of fused-ring (bicyclic) bond motifs is 1. The molecule has 0 bridgehead atoms. The molecule has 3 rings (SSSR count). The maximum atomic E-state index is 6.02. The molecule has 0 saturated carbocycles. The first-order valence-corrected chi connectivity index (χ1v) is 7.95. The van der Waals surface area contributed by atoms with Gasteiger partial charge in [0.1, 0.15) is 13.2 Å². The molecule has 2 aromatic rings. The number of anilines is 1. The summed E-state index contributed by atoms with van der Waals surface area (Å²) in [5.74, 6) is 1.51. The SMILES string of the molecule is Clc1ccc(CNc2cc3c(cc2Br)OCCO3)cc1Cl. The second-order valence-electron chi connectivity index (χ2n) is 4.58. The molecular weight excluding hydrogens is 377 g/mol. The molecule has 0 aliphatic carbocycles. The van der Waals surface area contributed by atoms with Gasteiger partial charge in [0.05, 0.1) is 15.7 Å². The lowest BCUT2D eigenvalue weighted by atomic mass is 10.2. The molecule has 0 spiro atoms. The number of rotatable bonds is 3. The molecule has 21 heavy (non-hydrogen) atoms. The molecule has 0 saturated heterocycles. The molecule has 2 aromatic carbocycles. The molecule has 1 heterocycles. The van der Waals surface area contributed by atoms with E-state index < -0.39 is 0 Å². The van der Waals surface area contributed by atoms with Gasteiger partial charge in [0, 0.05) is 23.2 Å². The van der Waals surface area contributed by atoms with Gasteiger partial charge in [-0.1, -0.05) is 29.3 Å². The molecule has 1 aliphatic heterocycles. The van der Waals surface area contributed by atoms with Crippen LogP contribution in [0.4, 0.5) is 5.69 Å². The Balaban J connectivity index is 1.77. The van der Waals surface area contributed by atoms with E-state index in [-0.39, 0.29) is 0 Å². The maximum absolute atomic E-state index is 6.02. The zero-order valence-corrected chi connectivity index (χ0v) is 14.1. The molecule has 0 atom stereocenters. The Hall–Kier alpha value is -1.10. The second-order valence-corrected chi connectivity index (χ2v) is 6.25. The van der Waals surface area contributed by atoms with E-state index in [9.17, 15) is 0 Å². The van der Waals surface area contributed by atoms with Gasteiger partial charge in [0.25, 0.3) is 0 Å². The van der Waals surface area contributed by atoms with E-state index in [0.717, 1.165) is 27.2 Å². The fraction of sp³-hybridized carbons (Fsp3) is 0.200. The summed E-state index contributed by atoms with van der Waals surface area (Å²) in [6, 6.07) is 9.41. The maximum Gasteiger partial charge on any atom is 0.163 e. The molecule has 0 unspecified atom stereocenters. The van der Waals surface area contributed by atoms with Gasteiger partial charge < -0.3 is 14.8 Å². The molecule has 1 aliphatic rings. The van der Waals surface area contributed by atoms with E-state index >= 15 is 0 Å². The van der Waals surface area contributed by atoms with Crippen LogP contribution in [0.2, 0.25) is 10.0 Å². The third-order valence-electron chi connectivity index (χ3n) is 3.10. The standard InChI is InChI=1S/C15H12BrCl2NO2/c16-10-6-14-15(21-4-3-20-14)7-13(10)19-8-9-1-2-11(17)12(18)5-9/h1-2,5-7,19H,3-4,8H2. The first-order chi connectivity index (χ1) is 10.1. The number of hydrogen-bond acceptors (Lipinski definition) is 3. The van der Waals surface area contributed by atoms with Gasteiger partial charge in [-0.2, -0.15) is 0 Å². The van der Waals surface area contributed by atoms with Crippen LogP contribution >= 0.6 is 39.1 Å². The van der Waals surface area contributed by atoms with Crippen molar-refractivity contribution in [3.05, 3.63) is 50.4 Å². The van der Waals surface area contributed by atoms with E-state index in [1.54, 1.807) is 6.07 Å². The molecule has 0 aromatic heterocycles. The summed E-state index contributed by atoms with van der Waals surface area (Å²) >= 11 is 15.5. The van der Waals surface area contributed by atoms with Gasteiger partial charge in [-0.15, -0.1) is 0 Å². The summed E-state index contributed by atoms with van der Waals surface area (Å²) in [7, 11) is 0. The molecule has 0 fully saturated rings. The highest BCUT2D eigenvalue weighted by atomic mass is 79.9. The first kappa shape index (κ1) is 14.8. The summed E-state index contributed by atoms with van der Waals surface area (Å²) in [6.45, 7) is 1.78. The van der Waals surface area contributed by atoms with Crippen LogP contribution in [0, 0.1) is 0 Å². The lowest BCUT2D eigenvalue weighted by Gasteiger charge is -2.20. The molecular formula is C15H12BrCl2NO2. The Kier molecular flexibility index (Phi) is 4.48. The van der Waals surface area contributed by atoms with Crippen molar-refractivity contribution in [2.24, 2.45) is 0 Å². The summed E-state index contributed by atoms with van der Waals surface area (Å²) in [5.41, 5.74) is 1.98. The third-order valence-corrected chi connectivity index (χ3v) is 4.49. The van der Waals surface area contributed by atoms with Crippen LogP contribution in [0.1, 0.15) is 5.56 Å². The molecule has 3 nitrogen and oxygen atoms in total. The van der Waals surface area contributed by atoms with Crippen LogP contribution < -0.4 is 14.8 Å². The van der Waals surface area contributed by atoms with Crippen molar-refractivity contribution < 1.29 is 9.47 Å². The normalized spacial score (nSPS) is 13.1. The Bertz CT molecular complexity index is 679. The largest absolute Gasteiger partial charge is 0.486 e. The minimum Gasteiger partial charge on any atom is -0.486 e. The molecule has 6 heteroatoms. The smallest absolute Gasteiger partial charge is 0.163 e. The number of ether oxygens (including phenoxy) is 2. The van der Waals surface area contributed by atoms with Gasteiger partial charge >= 0.3 is 0 Å². The van der Waals surface area contributed by atoms with Crippen LogP contribution in [-0.2, 0) is 6.54 Å². The Labute approximate surface area is 141 Å². The van der Waals surface area contributed by atoms with Crippen molar-refractivity contribution in [1.82, 2.24) is 0 Å². The average Bonchev–Trinajstić information content (AvgIpc) is 2.48. The fourth-order valence-corrected chi connectivity index (χ4v) is 2.83. The van der Waals surface area contributed by atoms with E-state index in [4.69, 9.17) is 32.7 Å². The van der Waals surface area contributed by atoms with Crippen LogP contribution in [-0.4, -0.2) is 13.2 Å². The summed E-state index contributed by atoms with van der Waals surface area (Å²) in [5, 5.41) is 4.45. The summed E-state index contributed by atoms with van der Waals surface area (Å²) in [6.07, 6.45) is 0. The third kappa shape index (κ3) is 3.39. The first-order valence-electron chi connectivity index (χ1n) is 6.40. The Morgan fingerprint density at radius 3 is 2.43 bits per heavy atom. The molecule has 110 valence electrons. The van der Waals surface area contributed by atoms with Crippen LogP contribution in [0.5, 0.6) is 11.5 Å². The van der Waals surface area contributed by atoms with Gasteiger partial charge in [-0.25, -0.2) is 0 Å². The Morgan fingerprint density at radius 2 is 1.71 bits per heavy atom. The van der Waals surface area contributed by atoms with Gasteiger partial charge in [-0.3, -0.25) is 0 Å². The molecule has 0 amide bonds. The average molecular weight is 389 g/mol. The van der Waals surface area contributed by atoms with Gasteiger partial charge in [0.15, 0.2) is 11.5 Å². The predicted octanol–water partition coefficient (Wildman–Crippen LogP) is 5.14. The lowest BCUT2D eigenvalue weighted by molar-refractivity contribution is 0.171. The predicted molar refractivity (Wildman–Crippen MR) is 88.9 cm³/mol. The fourth-order valence-electron chi connectivity index (χ4n) is 2.05. The van der Waals surface area contributed by atoms with E-state index in [2.05, 4.69) is 21.2 Å². The van der Waals surface area contributed by atoms with Crippen molar-refractivity contribution in [2.75, 3.05) is 18.5 Å². The van der Waals surface area contributed by atoms with Crippen molar-refractivity contribution >= 4 is 44.8 Å². The van der Waals surface area contributed by atoms with E-state index in [1.165, 1.54) is 0 Å². The van der Waals surface area contributed by atoms with Crippen LogP contribution in [0.15, 0.2) is 34.8 Å². The summed E-state index contributed by atoms with van der Waals surface area (Å²) < 4.78 is 12.0. The van der Waals surface area contributed by atoms with Gasteiger partial charge in [-0.05, 0) is 33.6 Å². The minimum atomic E-state index is 0.553. The van der Waals surface area contributed by atoms with E-state index in [0.29, 0.717) is 29.8 Å². The van der Waals surface area contributed by atoms with Crippen molar-refractivity contribution in [2.45, 2.75) is 6.54 Å². The number of benzene rings is 2. The zero-order valence-electron chi connectivity index (χ0n) is 11.0. The highest BCUT2D eigenvalue weighted by molar-refractivity contribution is 9.10. The number of nitrogens with one attached hydrogen (secondary N) is 1. The second kappa shape index (κ2) is 6.34. The lowest BCUT2D eigenvalue weighted by Crippen LogP contribution is -2.15. The summed E-state index contributed by atoms with van der Waals surface area (Å²) in [4.78, 5) is 0. The quantitative estimate of drug-likeness (QED) is 0.789. The molecule has 0 radical (unpaired) electrons. The molecule has 1 N–H and O–H groups in total. The van der Waals surface area contributed by atoms with Gasteiger partial charge in [0.2, 0.25) is 0 Å². The zero-order chi connectivity index (χ0) is 14.8. The Morgan fingerprint density at radius 1 is 1.00 bits per heavy atom. The number of hydrogen-bond donors (Lipinski definition) is 1. The van der Waals surface area contributed by atoms with Crippen molar-refractivity contribution in [3.63, 3.8) is 0 Å². The highest BCUT2D eigenvalue weighted by Gasteiger charge is 2.14. The minimum absolute atomic E-state index is 0.553. The van der Waals surface area contributed by atoms with Crippen LogP contribution in [0.3, 0.4) is 0 Å². The van der Waals surface area contributed by atoms with E-state index in [1.807, 2.05) is 24.3 Å². The van der Waals surface area contributed by atoms with Crippen LogP contribution in [0.25, 0.3) is 0 Å².